The Morgan fingerprint density at radius 1 is 1.42 bits per heavy atom. The van der Waals surface area contributed by atoms with Gasteiger partial charge in [0, 0.05) is 12.7 Å². The number of carbonyl (C=O) groups is 1. The van der Waals surface area contributed by atoms with Gasteiger partial charge in [-0.2, -0.15) is 0 Å². The molecule has 124 valence electrons. The van der Waals surface area contributed by atoms with E-state index in [1.54, 1.807) is 32.2 Å². The Balaban J connectivity index is 2.03. The van der Waals surface area contributed by atoms with Crippen molar-refractivity contribution >= 4 is 34.3 Å². The maximum absolute atomic E-state index is 12.6. The van der Waals surface area contributed by atoms with E-state index in [4.69, 9.17) is 20.8 Å². The number of hydrogen-bond acceptors (Lipinski definition) is 5. The molecule has 7 nitrogen and oxygen atoms in total. The lowest BCUT2D eigenvalue weighted by Crippen LogP contribution is -2.20. The van der Waals surface area contributed by atoms with E-state index in [0.717, 1.165) is 0 Å². The van der Waals surface area contributed by atoms with Crippen molar-refractivity contribution in [2.24, 2.45) is 7.05 Å². The van der Waals surface area contributed by atoms with Crippen molar-refractivity contribution in [1.29, 1.82) is 0 Å². The third-order valence-electron chi connectivity index (χ3n) is 3.58. The number of methoxy groups -OCH3 is 1. The molecule has 0 aliphatic heterocycles. The van der Waals surface area contributed by atoms with Gasteiger partial charge in [0.1, 0.15) is 23.2 Å². The van der Waals surface area contributed by atoms with Crippen molar-refractivity contribution < 1.29 is 13.9 Å². The second-order valence-corrected chi connectivity index (χ2v) is 5.58. The van der Waals surface area contributed by atoms with E-state index in [0.29, 0.717) is 22.2 Å². The Bertz CT molecular complexity index is 1010. The van der Waals surface area contributed by atoms with Crippen LogP contribution in [0.15, 0.2) is 33.7 Å². The Morgan fingerprint density at radius 3 is 2.83 bits per heavy atom. The Hall–Kier alpha value is -2.80. The summed E-state index contributed by atoms with van der Waals surface area (Å²) >= 11 is 6.05. The largest absolute Gasteiger partial charge is 0.495 e. The summed E-state index contributed by atoms with van der Waals surface area (Å²) in [5.74, 6) is 0.341. The van der Waals surface area contributed by atoms with Crippen LogP contribution in [0.4, 0.5) is 5.69 Å². The van der Waals surface area contributed by atoms with E-state index in [1.165, 1.54) is 18.0 Å². The first-order valence-corrected chi connectivity index (χ1v) is 7.39. The molecule has 24 heavy (non-hydrogen) atoms. The summed E-state index contributed by atoms with van der Waals surface area (Å²) in [6.45, 7) is 1.61. The summed E-state index contributed by atoms with van der Waals surface area (Å²) in [4.78, 5) is 28.9. The van der Waals surface area contributed by atoms with E-state index in [-0.39, 0.29) is 22.2 Å². The number of aryl methyl sites for hydroxylation is 2. The lowest BCUT2D eigenvalue weighted by Gasteiger charge is -2.08. The van der Waals surface area contributed by atoms with Gasteiger partial charge >= 0.3 is 0 Å². The van der Waals surface area contributed by atoms with Crippen LogP contribution in [0.1, 0.15) is 16.1 Å². The summed E-state index contributed by atoms with van der Waals surface area (Å²) in [6, 6.07) is 4.85. The Morgan fingerprint density at radius 2 is 2.17 bits per heavy atom. The lowest BCUT2D eigenvalue weighted by atomic mass is 10.1. The highest BCUT2D eigenvalue weighted by Crippen LogP contribution is 2.28. The molecule has 3 rings (SSSR count). The summed E-state index contributed by atoms with van der Waals surface area (Å²) < 4.78 is 11.8. The third kappa shape index (κ3) is 2.63. The number of anilines is 1. The smallest absolute Gasteiger partial charge is 0.265 e. The fourth-order valence-electron chi connectivity index (χ4n) is 2.40. The van der Waals surface area contributed by atoms with Crippen LogP contribution in [0.25, 0.3) is 11.1 Å². The molecule has 1 amide bonds. The quantitative estimate of drug-likeness (QED) is 0.787. The van der Waals surface area contributed by atoms with Gasteiger partial charge in [-0.25, -0.2) is 4.98 Å². The van der Waals surface area contributed by atoms with Crippen LogP contribution in [0.5, 0.6) is 5.75 Å². The van der Waals surface area contributed by atoms with Gasteiger partial charge in [-0.05, 0) is 25.1 Å². The molecule has 0 aliphatic carbocycles. The van der Waals surface area contributed by atoms with E-state index in [2.05, 4.69) is 10.3 Å². The summed E-state index contributed by atoms with van der Waals surface area (Å²) in [5.41, 5.74) is 0.411. The summed E-state index contributed by atoms with van der Waals surface area (Å²) in [7, 11) is 3.06. The zero-order valence-corrected chi connectivity index (χ0v) is 14.0. The molecule has 0 bridgehead atoms. The van der Waals surface area contributed by atoms with Crippen molar-refractivity contribution in [3.05, 3.63) is 51.2 Å². The van der Waals surface area contributed by atoms with Gasteiger partial charge in [0.25, 0.3) is 11.5 Å². The SMILES string of the molecule is COc1ccc(NC(=O)c2c(C)oc3ncn(C)c(=O)c23)cc1Cl. The second kappa shape index (κ2) is 6.01. The molecule has 8 heteroatoms. The molecular formula is C16H14ClN3O4. The van der Waals surface area contributed by atoms with Gasteiger partial charge in [-0.3, -0.25) is 9.59 Å². The van der Waals surface area contributed by atoms with E-state index >= 15 is 0 Å². The third-order valence-corrected chi connectivity index (χ3v) is 3.88. The van der Waals surface area contributed by atoms with Crippen LogP contribution >= 0.6 is 11.6 Å². The van der Waals surface area contributed by atoms with Crippen molar-refractivity contribution in [1.82, 2.24) is 9.55 Å². The minimum atomic E-state index is -0.474. The molecule has 2 heterocycles. The average Bonchev–Trinajstić information content (AvgIpc) is 2.88. The van der Waals surface area contributed by atoms with Crippen LogP contribution in [-0.4, -0.2) is 22.6 Å². The number of nitrogens with one attached hydrogen (secondary N) is 1. The zero-order valence-electron chi connectivity index (χ0n) is 13.2. The minimum Gasteiger partial charge on any atom is -0.495 e. The van der Waals surface area contributed by atoms with Gasteiger partial charge in [-0.15, -0.1) is 0 Å². The van der Waals surface area contributed by atoms with Gasteiger partial charge in [0.15, 0.2) is 0 Å². The number of ether oxygens (including phenoxy) is 1. The van der Waals surface area contributed by atoms with E-state index in [9.17, 15) is 9.59 Å². The number of rotatable bonds is 3. The van der Waals surface area contributed by atoms with Crippen molar-refractivity contribution in [2.75, 3.05) is 12.4 Å². The molecule has 0 saturated carbocycles. The number of amides is 1. The highest BCUT2D eigenvalue weighted by molar-refractivity contribution is 6.32. The molecular weight excluding hydrogens is 334 g/mol. The number of nitrogens with zero attached hydrogens (tertiary/aromatic N) is 2. The molecule has 1 aromatic carbocycles. The van der Waals surface area contributed by atoms with Crippen LogP contribution in [0.2, 0.25) is 5.02 Å². The predicted molar refractivity (Wildman–Crippen MR) is 89.9 cm³/mol. The number of aromatic nitrogens is 2. The van der Waals surface area contributed by atoms with Crippen LogP contribution in [0, 0.1) is 6.92 Å². The van der Waals surface area contributed by atoms with Crippen LogP contribution in [-0.2, 0) is 7.05 Å². The monoisotopic (exact) mass is 347 g/mol. The molecule has 0 atom stereocenters. The molecule has 0 unspecified atom stereocenters. The maximum Gasteiger partial charge on any atom is 0.265 e. The van der Waals surface area contributed by atoms with Crippen molar-refractivity contribution in [3.8, 4) is 5.75 Å². The van der Waals surface area contributed by atoms with Crippen molar-refractivity contribution in [3.63, 3.8) is 0 Å². The first kappa shape index (κ1) is 16.1. The highest BCUT2D eigenvalue weighted by atomic mass is 35.5. The predicted octanol–water partition coefficient (Wildman–Crippen LogP) is 2.75. The van der Waals surface area contributed by atoms with Crippen molar-refractivity contribution in [2.45, 2.75) is 6.92 Å². The van der Waals surface area contributed by atoms with E-state index < -0.39 is 5.91 Å². The fraction of sp³-hybridized carbons (Fsp3) is 0.188. The molecule has 2 aromatic heterocycles. The lowest BCUT2D eigenvalue weighted by molar-refractivity contribution is 0.102. The molecule has 0 saturated heterocycles. The van der Waals surface area contributed by atoms with Gasteiger partial charge in [0.2, 0.25) is 5.71 Å². The Labute approximate surface area is 141 Å². The molecule has 1 N–H and O–H groups in total. The normalized spacial score (nSPS) is 10.8. The fourth-order valence-corrected chi connectivity index (χ4v) is 2.66. The molecule has 0 radical (unpaired) electrons. The minimum absolute atomic E-state index is 0.133. The first-order valence-electron chi connectivity index (χ1n) is 7.02. The first-order chi connectivity index (χ1) is 11.4. The number of hydrogen-bond donors (Lipinski definition) is 1. The van der Waals surface area contributed by atoms with Gasteiger partial charge in [-0.1, -0.05) is 11.6 Å². The number of furan rings is 1. The number of carbonyl (C=O) groups excluding carboxylic acids is 1. The highest BCUT2D eigenvalue weighted by Gasteiger charge is 2.22. The zero-order chi connectivity index (χ0) is 17.4. The summed E-state index contributed by atoms with van der Waals surface area (Å²) in [6.07, 6.45) is 1.35. The maximum atomic E-state index is 12.6. The number of benzene rings is 1. The molecule has 0 spiro atoms. The standard InChI is InChI=1S/C16H14ClN3O4/c1-8-12(13-15(24-8)18-7-20(2)16(13)22)14(21)19-9-4-5-11(23-3)10(17)6-9/h4-7H,1-3H3,(H,19,21). The molecule has 3 aromatic rings. The molecule has 0 fully saturated rings. The van der Waals surface area contributed by atoms with E-state index in [1.807, 2.05) is 0 Å². The second-order valence-electron chi connectivity index (χ2n) is 5.18. The Kier molecular flexibility index (Phi) is 4.02. The summed E-state index contributed by atoms with van der Waals surface area (Å²) in [5, 5.41) is 3.21. The van der Waals surface area contributed by atoms with Gasteiger partial charge < -0.3 is 19.0 Å². The van der Waals surface area contributed by atoms with Gasteiger partial charge in [0.05, 0.1) is 17.7 Å². The number of fused-ring (bicyclic) bond motifs is 1. The van der Waals surface area contributed by atoms with Crippen LogP contribution < -0.4 is 15.6 Å². The topological polar surface area (TPSA) is 86.4 Å². The number of halogens is 1. The van der Waals surface area contributed by atoms with Crippen LogP contribution in [0.3, 0.4) is 0 Å². The molecule has 0 aliphatic rings. The average molecular weight is 348 g/mol.